The topological polar surface area (TPSA) is 40.5 Å². The summed E-state index contributed by atoms with van der Waals surface area (Å²) in [6.45, 7) is 1.24. The van der Waals surface area contributed by atoms with E-state index >= 15 is 0 Å². The normalized spacial score (nSPS) is 20.4. The fourth-order valence-corrected chi connectivity index (χ4v) is 2.20. The molecule has 1 aliphatic heterocycles. The second kappa shape index (κ2) is 5.27. The van der Waals surface area contributed by atoms with Crippen LogP contribution in [-0.2, 0) is 0 Å². The number of nitrogens with zero attached hydrogens (tertiary/aromatic N) is 1. The molecule has 3 nitrogen and oxygen atoms in total. The summed E-state index contributed by atoms with van der Waals surface area (Å²) in [4.78, 5) is 13.7. The van der Waals surface area contributed by atoms with Gasteiger partial charge in [0.1, 0.15) is 5.82 Å². The Bertz CT molecular complexity index is 408. The predicted molar refractivity (Wildman–Crippen MR) is 62.1 cm³/mol. The van der Waals surface area contributed by atoms with E-state index in [4.69, 9.17) is 5.11 Å². The molecule has 17 heavy (non-hydrogen) atoms. The number of carbonyl (C=O) groups excluding carboxylic acids is 1. The Hall–Kier alpha value is -1.42. The molecular weight excluding hydrogens is 221 g/mol. The minimum atomic E-state index is -0.483. The molecule has 0 bridgehead atoms. The zero-order valence-corrected chi connectivity index (χ0v) is 9.60. The molecule has 1 atom stereocenters. The number of piperidine rings is 1. The number of aliphatic hydroxyl groups excluding tert-OH is 1. The summed E-state index contributed by atoms with van der Waals surface area (Å²) < 4.78 is 13.5. The zero-order chi connectivity index (χ0) is 12.3. The average molecular weight is 237 g/mol. The molecule has 2 rings (SSSR count). The van der Waals surface area contributed by atoms with Gasteiger partial charge in [-0.15, -0.1) is 0 Å². The molecule has 0 spiro atoms. The van der Waals surface area contributed by atoms with E-state index in [0.29, 0.717) is 13.1 Å². The molecule has 1 amide bonds. The quantitative estimate of drug-likeness (QED) is 0.850. The van der Waals surface area contributed by atoms with Crippen LogP contribution in [-0.4, -0.2) is 35.6 Å². The summed E-state index contributed by atoms with van der Waals surface area (Å²) in [5, 5.41) is 9.10. The minimum Gasteiger partial charge on any atom is -0.396 e. The van der Waals surface area contributed by atoms with Crippen molar-refractivity contribution in [2.24, 2.45) is 5.92 Å². The summed E-state index contributed by atoms with van der Waals surface area (Å²) in [7, 11) is 0. The average Bonchev–Trinajstić information content (AvgIpc) is 2.38. The van der Waals surface area contributed by atoms with Crippen LogP contribution in [0.5, 0.6) is 0 Å². The molecule has 0 aromatic heterocycles. The lowest BCUT2D eigenvalue weighted by Crippen LogP contribution is -2.41. The third kappa shape index (κ3) is 2.64. The maximum absolute atomic E-state index is 13.5. The minimum absolute atomic E-state index is 0.0844. The highest BCUT2D eigenvalue weighted by Crippen LogP contribution is 2.19. The Labute approximate surface area is 99.9 Å². The van der Waals surface area contributed by atoms with Gasteiger partial charge in [0.05, 0.1) is 5.56 Å². The van der Waals surface area contributed by atoms with E-state index in [-0.39, 0.29) is 24.0 Å². The van der Waals surface area contributed by atoms with Crippen molar-refractivity contribution in [2.75, 3.05) is 19.7 Å². The molecular formula is C13H16FNO2. The largest absolute Gasteiger partial charge is 0.396 e. The number of hydrogen-bond donors (Lipinski definition) is 1. The maximum atomic E-state index is 13.5. The van der Waals surface area contributed by atoms with Crippen molar-refractivity contribution in [3.63, 3.8) is 0 Å². The predicted octanol–water partition coefficient (Wildman–Crippen LogP) is 1.67. The fraction of sp³-hybridized carbons (Fsp3) is 0.462. The Morgan fingerprint density at radius 2 is 2.24 bits per heavy atom. The highest BCUT2D eigenvalue weighted by Gasteiger charge is 2.25. The molecule has 1 fully saturated rings. The van der Waals surface area contributed by atoms with E-state index in [9.17, 15) is 9.18 Å². The number of hydrogen-bond acceptors (Lipinski definition) is 2. The van der Waals surface area contributed by atoms with Crippen LogP contribution in [0.25, 0.3) is 0 Å². The number of benzene rings is 1. The SMILES string of the molecule is O=C(c1ccccc1F)N1CCC[C@H](CO)C1. The summed E-state index contributed by atoms with van der Waals surface area (Å²) in [6.07, 6.45) is 1.79. The first-order valence-corrected chi connectivity index (χ1v) is 5.87. The van der Waals surface area contributed by atoms with E-state index in [1.165, 1.54) is 12.1 Å². The second-order valence-electron chi connectivity index (χ2n) is 4.42. The van der Waals surface area contributed by atoms with E-state index in [2.05, 4.69) is 0 Å². The van der Waals surface area contributed by atoms with Gasteiger partial charge in [0.2, 0.25) is 0 Å². The van der Waals surface area contributed by atoms with E-state index in [1.807, 2.05) is 0 Å². The van der Waals surface area contributed by atoms with Crippen molar-refractivity contribution in [1.82, 2.24) is 4.90 Å². The second-order valence-corrected chi connectivity index (χ2v) is 4.42. The first-order chi connectivity index (χ1) is 8.22. The molecule has 1 heterocycles. The van der Waals surface area contributed by atoms with Gasteiger partial charge in [-0.1, -0.05) is 12.1 Å². The maximum Gasteiger partial charge on any atom is 0.256 e. The van der Waals surface area contributed by atoms with Crippen molar-refractivity contribution in [2.45, 2.75) is 12.8 Å². The van der Waals surface area contributed by atoms with Crippen molar-refractivity contribution in [3.8, 4) is 0 Å². The molecule has 0 saturated carbocycles. The Kier molecular flexibility index (Phi) is 3.74. The van der Waals surface area contributed by atoms with E-state index in [1.54, 1.807) is 17.0 Å². The molecule has 92 valence electrons. The molecule has 0 unspecified atom stereocenters. The number of amides is 1. The number of rotatable bonds is 2. The third-order valence-corrected chi connectivity index (χ3v) is 3.17. The molecule has 1 aromatic carbocycles. The smallest absolute Gasteiger partial charge is 0.256 e. The first-order valence-electron chi connectivity index (χ1n) is 5.87. The van der Waals surface area contributed by atoms with Crippen LogP contribution in [0.2, 0.25) is 0 Å². The molecule has 1 saturated heterocycles. The van der Waals surface area contributed by atoms with Crippen LogP contribution in [0.15, 0.2) is 24.3 Å². The van der Waals surface area contributed by atoms with Crippen LogP contribution in [0.1, 0.15) is 23.2 Å². The molecule has 0 aliphatic carbocycles. The Morgan fingerprint density at radius 3 is 2.94 bits per heavy atom. The van der Waals surface area contributed by atoms with Crippen LogP contribution >= 0.6 is 0 Å². The molecule has 1 N–H and O–H groups in total. The lowest BCUT2D eigenvalue weighted by Gasteiger charge is -2.31. The lowest BCUT2D eigenvalue weighted by molar-refractivity contribution is 0.0616. The summed E-state index contributed by atoms with van der Waals surface area (Å²) >= 11 is 0. The van der Waals surface area contributed by atoms with Gasteiger partial charge in [0.25, 0.3) is 5.91 Å². The van der Waals surface area contributed by atoms with E-state index < -0.39 is 5.82 Å². The summed E-state index contributed by atoms with van der Waals surface area (Å²) in [6, 6.07) is 6.02. The number of carbonyl (C=O) groups is 1. The Morgan fingerprint density at radius 1 is 1.47 bits per heavy atom. The fourth-order valence-electron chi connectivity index (χ4n) is 2.20. The summed E-state index contributed by atoms with van der Waals surface area (Å²) in [5.41, 5.74) is 0.117. The van der Waals surface area contributed by atoms with Crippen LogP contribution in [0, 0.1) is 11.7 Å². The van der Waals surface area contributed by atoms with Crippen molar-refractivity contribution >= 4 is 5.91 Å². The van der Waals surface area contributed by atoms with Crippen molar-refractivity contribution < 1.29 is 14.3 Å². The summed E-state index contributed by atoms with van der Waals surface area (Å²) in [5.74, 6) is -0.635. The van der Waals surface area contributed by atoms with Crippen molar-refractivity contribution in [3.05, 3.63) is 35.6 Å². The number of likely N-dealkylation sites (tertiary alicyclic amines) is 1. The van der Waals surface area contributed by atoms with Crippen LogP contribution in [0.3, 0.4) is 0 Å². The molecule has 1 aliphatic rings. The van der Waals surface area contributed by atoms with Gasteiger partial charge < -0.3 is 10.0 Å². The van der Waals surface area contributed by atoms with Gasteiger partial charge in [-0.05, 0) is 30.9 Å². The van der Waals surface area contributed by atoms with Gasteiger partial charge >= 0.3 is 0 Å². The highest BCUT2D eigenvalue weighted by molar-refractivity contribution is 5.94. The number of aliphatic hydroxyl groups is 1. The van der Waals surface area contributed by atoms with E-state index in [0.717, 1.165) is 12.8 Å². The molecule has 0 radical (unpaired) electrons. The van der Waals surface area contributed by atoms with Gasteiger partial charge in [-0.25, -0.2) is 4.39 Å². The zero-order valence-electron chi connectivity index (χ0n) is 9.60. The van der Waals surface area contributed by atoms with Crippen molar-refractivity contribution in [1.29, 1.82) is 0 Å². The lowest BCUT2D eigenvalue weighted by atomic mass is 9.98. The third-order valence-electron chi connectivity index (χ3n) is 3.17. The van der Waals surface area contributed by atoms with Gasteiger partial charge in [0.15, 0.2) is 0 Å². The van der Waals surface area contributed by atoms with Gasteiger partial charge in [0, 0.05) is 19.7 Å². The van der Waals surface area contributed by atoms with Crippen LogP contribution < -0.4 is 0 Å². The molecule has 1 aromatic rings. The monoisotopic (exact) mass is 237 g/mol. The number of halogens is 1. The van der Waals surface area contributed by atoms with Crippen LogP contribution in [0.4, 0.5) is 4.39 Å². The first kappa shape index (κ1) is 12.0. The molecule has 4 heteroatoms. The Balaban J connectivity index is 2.12. The van der Waals surface area contributed by atoms with Gasteiger partial charge in [-0.3, -0.25) is 4.79 Å². The van der Waals surface area contributed by atoms with Gasteiger partial charge in [-0.2, -0.15) is 0 Å². The standard InChI is InChI=1S/C13H16FNO2/c14-12-6-2-1-5-11(12)13(17)15-7-3-4-10(8-15)9-16/h1-2,5-6,10,16H,3-4,7-9H2/t10-/m0/s1. The highest BCUT2D eigenvalue weighted by atomic mass is 19.1.